The Balaban J connectivity index is 0.000000221. The van der Waals surface area contributed by atoms with Crippen LogP contribution in [0.3, 0.4) is 0 Å². The van der Waals surface area contributed by atoms with Crippen molar-refractivity contribution in [3.8, 4) is 11.1 Å². The van der Waals surface area contributed by atoms with Crippen LogP contribution in [-0.2, 0) is 9.53 Å². The molecule has 3 aliphatic rings. The minimum atomic E-state index is 0.0359. The minimum Gasteiger partial charge on any atom is -0.393 e. The van der Waals surface area contributed by atoms with Gasteiger partial charge in [0.1, 0.15) is 11.6 Å². The van der Waals surface area contributed by atoms with Crippen LogP contribution in [-0.4, -0.2) is 58.0 Å². The van der Waals surface area contributed by atoms with E-state index >= 15 is 0 Å². The molecule has 9 nitrogen and oxygen atoms in total. The molecular formula is C30H44N6O3. The molecule has 1 amide bonds. The molecule has 1 aromatic carbocycles. The molecular weight excluding hydrogens is 492 g/mol. The number of fused-ring (bicyclic) bond motifs is 1. The normalized spacial score (nSPS) is 17.9. The summed E-state index contributed by atoms with van der Waals surface area (Å²) in [7, 11) is 0. The average molecular weight is 537 g/mol. The summed E-state index contributed by atoms with van der Waals surface area (Å²) >= 11 is 0. The smallest absolute Gasteiger partial charge is 0.207 e. The predicted molar refractivity (Wildman–Crippen MR) is 156 cm³/mol. The molecule has 2 saturated carbocycles. The number of aryl methyl sites for hydroxylation is 2. The molecule has 0 atom stereocenters. The van der Waals surface area contributed by atoms with E-state index in [-0.39, 0.29) is 6.10 Å². The van der Waals surface area contributed by atoms with Gasteiger partial charge in [0, 0.05) is 37.4 Å². The van der Waals surface area contributed by atoms with Crippen LogP contribution in [0.2, 0.25) is 0 Å². The lowest BCUT2D eigenvalue weighted by Gasteiger charge is -2.22. The highest BCUT2D eigenvalue weighted by Crippen LogP contribution is 2.28. The van der Waals surface area contributed by atoms with Crippen molar-refractivity contribution < 1.29 is 14.6 Å². The van der Waals surface area contributed by atoms with Gasteiger partial charge in [-0.25, -0.2) is 4.98 Å². The van der Waals surface area contributed by atoms with Gasteiger partial charge in [0.2, 0.25) is 6.41 Å². The number of carbonyl (C=O) groups is 1. The highest BCUT2D eigenvalue weighted by Gasteiger charge is 2.19. The Morgan fingerprint density at radius 3 is 2.38 bits per heavy atom. The summed E-state index contributed by atoms with van der Waals surface area (Å²) < 4.78 is 7.28. The lowest BCUT2D eigenvalue weighted by Crippen LogP contribution is -2.23. The molecule has 3 aromatic rings. The predicted octanol–water partition coefficient (Wildman–Crippen LogP) is 4.64. The van der Waals surface area contributed by atoms with E-state index < -0.39 is 0 Å². The van der Waals surface area contributed by atoms with Gasteiger partial charge in [-0.15, -0.1) is 0 Å². The van der Waals surface area contributed by atoms with E-state index in [1.54, 1.807) is 0 Å². The maximum Gasteiger partial charge on any atom is 0.207 e. The van der Waals surface area contributed by atoms with Gasteiger partial charge in [0.25, 0.3) is 0 Å². The van der Waals surface area contributed by atoms with E-state index in [1.807, 2.05) is 16.8 Å². The first-order valence-corrected chi connectivity index (χ1v) is 14.4. The lowest BCUT2D eigenvalue weighted by atomic mass is 9.98. The maximum atomic E-state index is 9.54. The number of carbonyl (C=O) groups excluding carboxylic acids is 1. The van der Waals surface area contributed by atoms with Gasteiger partial charge in [0.05, 0.1) is 12.3 Å². The first-order chi connectivity index (χ1) is 18.9. The largest absolute Gasteiger partial charge is 0.393 e. The van der Waals surface area contributed by atoms with Crippen molar-refractivity contribution in [2.75, 3.05) is 30.8 Å². The fourth-order valence-electron chi connectivity index (χ4n) is 4.85. The van der Waals surface area contributed by atoms with E-state index in [9.17, 15) is 4.79 Å². The molecule has 0 unspecified atom stereocenters. The van der Waals surface area contributed by atoms with E-state index in [4.69, 9.17) is 15.6 Å². The lowest BCUT2D eigenvalue weighted by molar-refractivity contribution is -0.109. The molecule has 6 rings (SSSR count). The number of aliphatic hydroxyl groups is 1. The van der Waals surface area contributed by atoms with E-state index in [0.29, 0.717) is 17.8 Å². The van der Waals surface area contributed by atoms with Crippen molar-refractivity contribution in [1.29, 1.82) is 0 Å². The molecule has 0 bridgehead atoms. The molecule has 3 fully saturated rings. The van der Waals surface area contributed by atoms with Crippen LogP contribution in [0.5, 0.6) is 0 Å². The Hall–Kier alpha value is -3.17. The van der Waals surface area contributed by atoms with E-state index in [2.05, 4.69) is 52.8 Å². The van der Waals surface area contributed by atoms with E-state index in [1.165, 1.54) is 43.2 Å². The van der Waals surface area contributed by atoms with Gasteiger partial charge in [-0.1, -0.05) is 37.5 Å². The van der Waals surface area contributed by atoms with E-state index in [0.717, 1.165) is 74.4 Å². The number of hydrogen-bond donors (Lipinski definition) is 4. The third kappa shape index (κ3) is 8.66. The molecule has 9 heteroatoms. The Morgan fingerprint density at radius 2 is 1.79 bits per heavy atom. The number of hydrogen-bond acceptors (Lipinski definition) is 7. The van der Waals surface area contributed by atoms with Crippen LogP contribution >= 0.6 is 0 Å². The number of nitrogens with two attached hydrogens (primary N) is 1. The number of nitrogens with zero attached hydrogens (tertiary/aromatic N) is 3. The van der Waals surface area contributed by atoms with Crippen LogP contribution in [0.15, 0.2) is 30.5 Å². The molecule has 0 spiro atoms. The van der Waals surface area contributed by atoms with Crippen molar-refractivity contribution in [2.45, 2.75) is 83.8 Å². The average Bonchev–Trinajstić information content (AvgIpc) is 3.67. The van der Waals surface area contributed by atoms with Crippen molar-refractivity contribution >= 4 is 23.7 Å². The van der Waals surface area contributed by atoms with Gasteiger partial charge < -0.3 is 26.2 Å². The van der Waals surface area contributed by atoms with Crippen LogP contribution in [0.4, 0.5) is 11.6 Å². The number of benzene rings is 1. The second kappa shape index (κ2) is 14.3. The topological polar surface area (TPSA) is 127 Å². The highest BCUT2D eigenvalue weighted by atomic mass is 16.5. The molecule has 1 saturated heterocycles. The molecule has 1 aliphatic heterocycles. The zero-order chi connectivity index (χ0) is 27.6. The Morgan fingerprint density at radius 1 is 1.05 bits per heavy atom. The van der Waals surface area contributed by atoms with Crippen LogP contribution in [0.1, 0.15) is 68.9 Å². The Bertz CT molecular complexity index is 1200. The van der Waals surface area contributed by atoms with Gasteiger partial charge in [-0.2, -0.15) is 9.61 Å². The first kappa shape index (κ1) is 28.8. The summed E-state index contributed by atoms with van der Waals surface area (Å²) in [5.74, 6) is 2.00. The molecule has 212 valence electrons. The molecule has 0 radical (unpaired) electrons. The summed E-state index contributed by atoms with van der Waals surface area (Å²) in [5, 5.41) is 19.6. The molecule has 39 heavy (non-hydrogen) atoms. The fourth-order valence-corrected chi connectivity index (χ4v) is 4.85. The second-order valence-corrected chi connectivity index (χ2v) is 10.9. The summed E-state index contributed by atoms with van der Waals surface area (Å²) in [6.45, 7) is 6.82. The number of aliphatic hydroxyl groups excluding tert-OH is 1. The third-order valence-electron chi connectivity index (χ3n) is 7.68. The number of amides is 1. The third-order valence-corrected chi connectivity index (χ3v) is 7.68. The van der Waals surface area contributed by atoms with Gasteiger partial charge >= 0.3 is 0 Å². The monoisotopic (exact) mass is 536 g/mol. The zero-order valence-corrected chi connectivity index (χ0v) is 23.4. The molecule has 2 aromatic heterocycles. The standard InChI is InChI=1S/C20H25N5O.C6H12O.C4H7NO/c1-13-3-4-16(9-14(13)2)17-12-23-25-19(10-18(21)24-20(17)25)22-11-15-5-7-26-8-6-15;7-6-4-2-1-3-5-6;6-3-5-4-1-2-4/h3-4,9-10,12,15,22H,5-8,11H2,1-2H3,(H2,21,24);6-7H,1-5H2;3-4H,1-2H2,(H,5,6). The van der Waals surface area contributed by atoms with Gasteiger partial charge in [-0.05, 0) is 75.0 Å². The number of ether oxygens (including phenoxy) is 1. The van der Waals surface area contributed by atoms with Crippen LogP contribution < -0.4 is 16.4 Å². The number of anilines is 2. The summed E-state index contributed by atoms with van der Waals surface area (Å²) in [6, 6.07) is 8.79. The van der Waals surface area contributed by atoms with Crippen molar-refractivity contribution in [1.82, 2.24) is 19.9 Å². The van der Waals surface area contributed by atoms with Crippen LogP contribution in [0, 0.1) is 19.8 Å². The summed E-state index contributed by atoms with van der Waals surface area (Å²) in [6.07, 6.45) is 13.1. The molecule has 2 aliphatic carbocycles. The molecule has 3 heterocycles. The van der Waals surface area contributed by atoms with Crippen molar-refractivity contribution in [3.63, 3.8) is 0 Å². The second-order valence-electron chi connectivity index (χ2n) is 10.9. The minimum absolute atomic E-state index is 0.0359. The Labute approximate surface area is 231 Å². The highest BCUT2D eigenvalue weighted by molar-refractivity contribution is 5.79. The summed E-state index contributed by atoms with van der Waals surface area (Å²) in [5.41, 5.74) is 11.5. The first-order valence-electron chi connectivity index (χ1n) is 14.4. The number of rotatable bonds is 6. The number of aromatic nitrogens is 3. The van der Waals surface area contributed by atoms with Gasteiger partial charge in [0.15, 0.2) is 5.65 Å². The fraction of sp³-hybridized carbons (Fsp3) is 0.567. The maximum absolute atomic E-state index is 9.54. The number of nitrogens with one attached hydrogen (secondary N) is 2. The zero-order valence-electron chi connectivity index (χ0n) is 23.4. The summed E-state index contributed by atoms with van der Waals surface area (Å²) in [4.78, 5) is 14.1. The number of nitrogen functional groups attached to an aromatic ring is 1. The van der Waals surface area contributed by atoms with Crippen molar-refractivity contribution in [2.24, 2.45) is 5.92 Å². The SMILES string of the molecule is Cc1ccc(-c2cnn3c(NCC4CCOCC4)cc(N)nc23)cc1C.O=CNC1CC1.OC1CCCCC1. The molecule has 5 N–H and O–H groups in total. The quantitative estimate of drug-likeness (QED) is 0.338. The van der Waals surface area contributed by atoms with Crippen LogP contribution in [0.25, 0.3) is 16.8 Å². The Kier molecular flexibility index (Phi) is 10.6. The van der Waals surface area contributed by atoms with Gasteiger partial charge in [-0.3, -0.25) is 4.79 Å². The van der Waals surface area contributed by atoms with Crippen molar-refractivity contribution in [3.05, 3.63) is 41.6 Å².